The van der Waals surface area contributed by atoms with E-state index in [0.29, 0.717) is 18.0 Å². The van der Waals surface area contributed by atoms with Crippen LogP contribution in [0.25, 0.3) is 0 Å². The van der Waals surface area contributed by atoms with E-state index in [0.717, 1.165) is 10.0 Å². The molecule has 0 bridgehead atoms. The maximum atomic E-state index is 11.9. The van der Waals surface area contributed by atoms with Gasteiger partial charge >= 0.3 is 6.09 Å². The van der Waals surface area contributed by atoms with Gasteiger partial charge in [0.15, 0.2) is 0 Å². The van der Waals surface area contributed by atoms with Crippen molar-refractivity contribution < 1.29 is 14.3 Å². The molecule has 0 radical (unpaired) electrons. The van der Waals surface area contributed by atoms with Gasteiger partial charge in [-0.1, -0.05) is 58.9 Å². The number of anilines is 1. The molecule has 2 rings (SSSR count). The largest absolute Gasteiger partial charge is 0.487 e. The molecule has 0 aliphatic carbocycles. The minimum atomic E-state index is -0.537. The van der Waals surface area contributed by atoms with Crippen molar-refractivity contribution in [2.45, 2.75) is 6.61 Å². The fraction of sp³-hybridized carbons (Fsp3) is 0.118. The number of hydrogen-bond acceptors (Lipinski definition) is 3. The van der Waals surface area contributed by atoms with Crippen molar-refractivity contribution in [2.24, 2.45) is 0 Å². The van der Waals surface area contributed by atoms with E-state index < -0.39 is 6.09 Å². The molecule has 2 aromatic rings. The standard InChI is InChI=1S/C17H16BrNO3/c1-2-10-21-16-9-8-14(18)11-15(16)19-17(20)22-12-13-6-4-3-5-7-13/h2-9,11H,1,10,12H2,(H,19,20). The molecule has 0 saturated heterocycles. The second-order valence-electron chi connectivity index (χ2n) is 4.43. The normalized spacial score (nSPS) is 9.86. The van der Waals surface area contributed by atoms with Crippen LogP contribution in [-0.2, 0) is 11.3 Å². The lowest BCUT2D eigenvalue weighted by Crippen LogP contribution is -2.14. The number of ether oxygens (including phenoxy) is 2. The molecule has 5 heteroatoms. The van der Waals surface area contributed by atoms with Crippen LogP contribution in [0.4, 0.5) is 10.5 Å². The molecular weight excluding hydrogens is 346 g/mol. The van der Waals surface area contributed by atoms with E-state index in [1.54, 1.807) is 18.2 Å². The van der Waals surface area contributed by atoms with Crippen molar-refractivity contribution in [2.75, 3.05) is 11.9 Å². The van der Waals surface area contributed by atoms with Gasteiger partial charge in [-0.2, -0.15) is 0 Å². The highest BCUT2D eigenvalue weighted by Crippen LogP contribution is 2.28. The number of rotatable bonds is 6. The summed E-state index contributed by atoms with van der Waals surface area (Å²) in [5.74, 6) is 0.555. The van der Waals surface area contributed by atoms with Crippen LogP contribution in [0.15, 0.2) is 65.7 Å². The van der Waals surface area contributed by atoms with Gasteiger partial charge in [-0.05, 0) is 23.8 Å². The molecule has 0 aliphatic rings. The lowest BCUT2D eigenvalue weighted by molar-refractivity contribution is 0.155. The highest BCUT2D eigenvalue weighted by Gasteiger charge is 2.09. The summed E-state index contributed by atoms with van der Waals surface area (Å²) in [4.78, 5) is 11.9. The Morgan fingerprint density at radius 2 is 2.00 bits per heavy atom. The van der Waals surface area contributed by atoms with Crippen molar-refractivity contribution >= 4 is 27.7 Å². The number of halogens is 1. The third kappa shape index (κ3) is 4.93. The van der Waals surface area contributed by atoms with Gasteiger partial charge < -0.3 is 9.47 Å². The molecule has 1 N–H and O–H groups in total. The topological polar surface area (TPSA) is 47.6 Å². The lowest BCUT2D eigenvalue weighted by atomic mass is 10.2. The molecule has 2 aromatic carbocycles. The zero-order valence-corrected chi connectivity index (χ0v) is 13.5. The van der Waals surface area contributed by atoms with E-state index in [1.165, 1.54) is 0 Å². The summed E-state index contributed by atoms with van der Waals surface area (Å²) in [6, 6.07) is 14.8. The smallest absolute Gasteiger partial charge is 0.412 e. The predicted molar refractivity (Wildman–Crippen MR) is 90.1 cm³/mol. The zero-order valence-electron chi connectivity index (χ0n) is 11.9. The van der Waals surface area contributed by atoms with Crippen LogP contribution in [0.1, 0.15) is 5.56 Å². The van der Waals surface area contributed by atoms with Crippen molar-refractivity contribution in [1.82, 2.24) is 0 Å². The Morgan fingerprint density at radius 1 is 1.23 bits per heavy atom. The molecule has 1 amide bonds. The summed E-state index contributed by atoms with van der Waals surface area (Å²) >= 11 is 3.36. The van der Waals surface area contributed by atoms with Gasteiger partial charge in [0.1, 0.15) is 19.0 Å². The zero-order chi connectivity index (χ0) is 15.8. The quantitative estimate of drug-likeness (QED) is 0.754. The van der Waals surface area contributed by atoms with Crippen molar-refractivity contribution in [3.8, 4) is 5.75 Å². The van der Waals surface area contributed by atoms with Crippen LogP contribution in [0, 0.1) is 0 Å². The van der Waals surface area contributed by atoms with E-state index in [9.17, 15) is 4.79 Å². The number of carbonyl (C=O) groups is 1. The van der Waals surface area contributed by atoms with Gasteiger partial charge in [-0.3, -0.25) is 5.32 Å². The summed E-state index contributed by atoms with van der Waals surface area (Å²) in [6.07, 6.45) is 1.10. The van der Waals surface area contributed by atoms with Gasteiger partial charge in [0.05, 0.1) is 5.69 Å². The van der Waals surface area contributed by atoms with E-state index in [2.05, 4.69) is 27.8 Å². The SMILES string of the molecule is C=CCOc1ccc(Br)cc1NC(=O)OCc1ccccc1. The van der Waals surface area contributed by atoms with Crippen molar-refractivity contribution in [3.63, 3.8) is 0 Å². The maximum absolute atomic E-state index is 11.9. The molecule has 0 aromatic heterocycles. The highest BCUT2D eigenvalue weighted by atomic mass is 79.9. The number of benzene rings is 2. The number of hydrogen-bond donors (Lipinski definition) is 1. The number of carbonyl (C=O) groups excluding carboxylic acids is 1. The summed E-state index contributed by atoms with van der Waals surface area (Å²) in [5, 5.41) is 2.68. The van der Waals surface area contributed by atoms with Crippen LogP contribution < -0.4 is 10.1 Å². The molecular formula is C17H16BrNO3. The molecule has 0 spiro atoms. The Balaban J connectivity index is 1.98. The molecule has 4 nitrogen and oxygen atoms in total. The monoisotopic (exact) mass is 361 g/mol. The first-order valence-electron chi connectivity index (χ1n) is 6.70. The fourth-order valence-electron chi connectivity index (χ4n) is 1.74. The van der Waals surface area contributed by atoms with Crippen LogP contribution in [0.3, 0.4) is 0 Å². The molecule has 0 unspecified atom stereocenters. The lowest BCUT2D eigenvalue weighted by Gasteiger charge is -2.12. The minimum Gasteiger partial charge on any atom is -0.487 e. The maximum Gasteiger partial charge on any atom is 0.412 e. The average molecular weight is 362 g/mol. The third-order valence-electron chi connectivity index (χ3n) is 2.75. The first-order valence-corrected chi connectivity index (χ1v) is 7.49. The van der Waals surface area contributed by atoms with Crippen LogP contribution >= 0.6 is 15.9 Å². The average Bonchev–Trinajstić information content (AvgIpc) is 2.53. The second kappa shape index (κ2) is 8.24. The molecule has 0 saturated carbocycles. The van der Waals surface area contributed by atoms with Crippen LogP contribution in [0.5, 0.6) is 5.75 Å². The minimum absolute atomic E-state index is 0.212. The fourth-order valence-corrected chi connectivity index (χ4v) is 2.10. The second-order valence-corrected chi connectivity index (χ2v) is 5.34. The Morgan fingerprint density at radius 3 is 2.73 bits per heavy atom. The Kier molecular flexibility index (Phi) is 6.03. The molecule has 0 atom stereocenters. The van der Waals surface area contributed by atoms with Crippen LogP contribution in [-0.4, -0.2) is 12.7 Å². The number of nitrogens with one attached hydrogen (secondary N) is 1. The van der Waals surface area contributed by atoms with E-state index >= 15 is 0 Å². The molecule has 22 heavy (non-hydrogen) atoms. The summed E-state index contributed by atoms with van der Waals surface area (Å²) in [6.45, 7) is 4.17. The van der Waals surface area contributed by atoms with Crippen LogP contribution in [0.2, 0.25) is 0 Å². The van der Waals surface area contributed by atoms with Gasteiger partial charge in [0.2, 0.25) is 0 Å². The van der Waals surface area contributed by atoms with Crippen molar-refractivity contribution in [3.05, 3.63) is 71.2 Å². The summed E-state index contributed by atoms with van der Waals surface area (Å²) in [7, 11) is 0. The first kappa shape index (κ1) is 16.1. The van der Waals surface area contributed by atoms with Gasteiger partial charge in [0.25, 0.3) is 0 Å². The Bertz CT molecular complexity index is 644. The Labute approximate surface area is 137 Å². The molecule has 0 heterocycles. The highest BCUT2D eigenvalue weighted by molar-refractivity contribution is 9.10. The Hall–Kier alpha value is -2.27. The molecule has 114 valence electrons. The number of amides is 1. The van der Waals surface area contributed by atoms with E-state index in [4.69, 9.17) is 9.47 Å². The molecule has 0 aliphatic heterocycles. The van der Waals surface area contributed by atoms with Gasteiger partial charge in [-0.15, -0.1) is 0 Å². The van der Waals surface area contributed by atoms with Gasteiger partial charge in [-0.25, -0.2) is 4.79 Å². The van der Waals surface area contributed by atoms with Crippen molar-refractivity contribution in [1.29, 1.82) is 0 Å². The first-order chi connectivity index (χ1) is 10.7. The van der Waals surface area contributed by atoms with E-state index in [1.807, 2.05) is 36.4 Å². The predicted octanol–water partition coefficient (Wildman–Crippen LogP) is 4.76. The van der Waals surface area contributed by atoms with Gasteiger partial charge in [0, 0.05) is 4.47 Å². The summed E-state index contributed by atoms with van der Waals surface area (Å²) in [5.41, 5.74) is 1.46. The summed E-state index contributed by atoms with van der Waals surface area (Å²) < 4.78 is 11.5. The molecule has 0 fully saturated rings. The van der Waals surface area contributed by atoms with E-state index in [-0.39, 0.29) is 6.61 Å². The third-order valence-corrected chi connectivity index (χ3v) is 3.24.